The van der Waals surface area contributed by atoms with Crippen molar-refractivity contribution in [1.82, 2.24) is 78.8 Å². The zero-order valence-electron chi connectivity index (χ0n) is 67.0. The molecule has 0 radical (unpaired) electrons. The minimum Gasteiger partial charge on any atom is -0.299 e. The average Bonchev–Trinajstić information content (AvgIpc) is 1.67. The Morgan fingerprint density at radius 1 is 0.443 bits per heavy atom. The standard InChI is InChI=1S/C13H16N2O.2C11H18N2.C11H15NO.C10H16N2O.C10H14N2O.C9H13ClN2O.C8H13N3O/c1-10(2)13(16)7-8-15-12-6-4-3-5-11(12)9-14-15;1-9(2)10(3)6-8-13-11(4)5-7-12-13;1-9(2)10(3)5-6-11-7-8-12-13(11)4;1-9(2)11(13)7-6-10-5-3-4-8-12-10;1-8(2)10(13)5-4-9-6-7-12(3)11-9;1-8(2)10(13)4-3-9-5-11-7-12-6-9;1-7(2)9(13)3-4-12-6-8(10)5-11-12;1-7(2)8(12)3-5-11-6-4-9-10-11/h3-6,9-10H,7-8H2,1-2H3;5,7,9H,3,6,8H2,1-2,4H3;7-9H,3,5-6H2,1-2,4H3;3-5,8-9H,6-7H2,1-2H3;6-8H,4-5H2,1-3H3;5-8H,3-4H2,1-2H3;5-7H,3-4H2,1-2H3;4,6-7H,3,5H2,1-2H3. The molecule has 0 spiro atoms. The molecule has 8 heterocycles. The Morgan fingerprint density at radius 2 is 0.953 bits per heavy atom. The third kappa shape index (κ3) is 40.3. The first-order valence-electron chi connectivity index (χ1n) is 37.2. The predicted octanol–water partition coefficient (Wildman–Crippen LogP) is 16.5. The fourth-order valence-electron chi connectivity index (χ4n) is 9.18. The second kappa shape index (κ2) is 51.8. The zero-order valence-corrected chi connectivity index (χ0v) is 67.8. The number of allylic oxidation sites excluding steroid dienone is 2. The molecule has 0 saturated heterocycles. The Bertz CT molecular complexity index is 3770. The monoisotopic (exact) mass is 1470 g/mol. The van der Waals surface area contributed by atoms with Crippen molar-refractivity contribution in [2.24, 2.45) is 61.4 Å². The van der Waals surface area contributed by atoms with Crippen LogP contribution in [-0.4, -0.2) is 114 Å². The molecular formula is C83H123ClN16O6. The number of carbonyl (C=O) groups is 6. The van der Waals surface area contributed by atoms with Gasteiger partial charge < -0.3 is 0 Å². The van der Waals surface area contributed by atoms with Crippen LogP contribution in [-0.2, 0) is 94.7 Å². The molecule has 23 heteroatoms. The number of fused-ring (bicyclic) bond motifs is 1. The first-order chi connectivity index (χ1) is 50.2. The topological polar surface area (TPSA) is 261 Å². The molecule has 0 aliphatic carbocycles. The number of hydrogen-bond acceptors (Lipinski definition) is 16. The minimum absolute atomic E-state index is 0.103. The maximum absolute atomic E-state index is 11.5. The lowest BCUT2D eigenvalue weighted by Crippen LogP contribution is -2.11. The van der Waals surface area contributed by atoms with Gasteiger partial charge >= 0.3 is 0 Å². The normalized spacial score (nSPS) is 10.7. The number of rotatable bonds is 32. The summed E-state index contributed by atoms with van der Waals surface area (Å²) < 4.78 is 11.0. The molecule has 9 rings (SSSR count). The number of hydrogen-bond donors (Lipinski definition) is 0. The largest absolute Gasteiger partial charge is 0.299 e. The summed E-state index contributed by atoms with van der Waals surface area (Å²) >= 11 is 5.67. The summed E-state index contributed by atoms with van der Waals surface area (Å²) in [5, 5.41) is 30.0. The summed E-state index contributed by atoms with van der Waals surface area (Å²) in [6.45, 7) is 44.8. The second-order valence-corrected chi connectivity index (χ2v) is 29.0. The fourth-order valence-corrected chi connectivity index (χ4v) is 9.34. The van der Waals surface area contributed by atoms with E-state index in [2.05, 4.69) is 105 Å². The van der Waals surface area contributed by atoms with Crippen molar-refractivity contribution in [2.45, 2.75) is 221 Å². The molecular weight excluding hydrogens is 1350 g/mol. The van der Waals surface area contributed by atoms with Gasteiger partial charge in [0.25, 0.3) is 0 Å². The molecule has 9 aromatic rings. The van der Waals surface area contributed by atoms with Gasteiger partial charge in [-0.3, -0.25) is 61.8 Å². The van der Waals surface area contributed by atoms with Gasteiger partial charge in [-0.15, -0.1) is 5.10 Å². The Morgan fingerprint density at radius 3 is 1.42 bits per heavy atom. The summed E-state index contributed by atoms with van der Waals surface area (Å²) in [5.74, 6) is 3.65. The molecule has 0 atom stereocenters. The van der Waals surface area contributed by atoms with Gasteiger partial charge in [0.15, 0.2) is 0 Å². The number of aryl methyl sites for hydroxylation is 11. The molecule has 578 valence electrons. The molecule has 0 amide bonds. The van der Waals surface area contributed by atoms with Gasteiger partial charge in [0.1, 0.15) is 41.0 Å². The Balaban J connectivity index is 0.000000412. The summed E-state index contributed by atoms with van der Waals surface area (Å²) in [6.07, 6.45) is 29.7. The van der Waals surface area contributed by atoms with Gasteiger partial charge in [-0.2, -0.15) is 25.5 Å². The lowest BCUT2D eigenvalue weighted by Gasteiger charge is -2.09. The lowest BCUT2D eigenvalue weighted by atomic mass is 9.99. The van der Waals surface area contributed by atoms with E-state index >= 15 is 0 Å². The minimum atomic E-state index is 0.103. The van der Waals surface area contributed by atoms with Crippen LogP contribution in [0.5, 0.6) is 0 Å². The Hall–Kier alpha value is -9.31. The van der Waals surface area contributed by atoms with Crippen LogP contribution < -0.4 is 0 Å². The van der Waals surface area contributed by atoms with Crippen LogP contribution in [0.1, 0.15) is 190 Å². The number of nitrogens with zero attached hydrogens (tertiary/aromatic N) is 16. The van der Waals surface area contributed by atoms with Crippen molar-refractivity contribution >= 4 is 57.2 Å². The van der Waals surface area contributed by atoms with Crippen LogP contribution in [0, 0.1) is 54.3 Å². The van der Waals surface area contributed by atoms with E-state index in [9.17, 15) is 28.8 Å². The number of pyridine rings is 1. The van der Waals surface area contributed by atoms with Crippen LogP contribution in [0.3, 0.4) is 0 Å². The van der Waals surface area contributed by atoms with E-state index in [1.165, 1.54) is 28.9 Å². The van der Waals surface area contributed by atoms with Crippen molar-refractivity contribution < 1.29 is 28.8 Å². The first-order valence-corrected chi connectivity index (χ1v) is 37.6. The molecule has 0 saturated carbocycles. The molecule has 22 nitrogen and oxygen atoms in total. The molecule has 106 heavy (non-hydrogen) atoms. The van der Waals surface area contributed by atoms with E-state index < -0.39 is 0 Å². The highest BCUT2D eigenvalue weighted by Gasteiger charge is 2.13. The second-order valence-electron chi connectivity index (χ2n) is 28.6. The molecule has 0 aliphatic heterocycles. The maximum atomic E-state index is 11.5. The number of halogens is 1. The van der Waals surface area contributed by atoms with Crippen molar-refractivity contribution in [2.75, 3.05) is 0 Å². The summed E-state index contributed by atoms with van der Waals surface area (Å²) in [5.41, 5.74) is 9.23. The predicted molar refractivity (Wildman–Crippen MR) is 425 cm³/mol. The summed E-state index contributed by atoms with van der Waals surface area (Å²) in [4.78, 5) is 79.7. The zero-order chi connectivity index (χ0) is 79.3. The number of carbonyl (C=O) groups excluding carboxylic acids is 6. The molecule has 8 aromatic heterocycles. The fraction of sp³-hybridized carbons (Fsp3) is 0.518. The van der Waals surface area contributed by atoms with E-state index in [0.29, 0.717) is 98.2 Å². The molecule has 0 N–H and O–H groups in total. The number of aromatic nitrogens is 16. The summed E-state index contributed by atoms with van der Waals surface area (Å²) in [6, 6.07) is 19.9. The average molecular weight is 1480 g/mol. The Kier molecular flexibility index (Phi) is 45.3. The molecule has 0 fully saturated rings. The van der Waals surface area contributed by atoms with Gasteiger partial charge in [-0.05, 0) is 99.2 Å². The van der Waals surface area contributed by atoms with E-state index in [1.807, 2.05) is 191 Å². The number of para-hydroxylation sites is 1. The van der Waals surface area contributed by atoms with E-state index in [0.717, 1.165) is 72.9 Å². The van der Waals surface area contributed by atoms with Gasteiger partial charge in [-0.25, -0.2) is 9.97 Å². The van der Waals surface area contributed by atoms with E-state index in [1.54, 1.807) is 57.4 Å². The SMILES string of the molecule is C=C(CCc1ccnn1C)C(C)C.C=C(CCn1nccc1C)C(C)C.CC(C)C(=O)CCc1ccccn1.CC(C)C(=O)CCc1ccn(C)n1.CC(C)C(=O)CCc1cncnc1.CC(C)C(=O)CCn1cc(Cl)cn1.CC(C)C(=O)CCn1ccnn1.CC(C)C(=O)CCn1ncc2ccccc21. The third-order valence-electron chi connectivity index (χ3n) is 17.1. The van der Waals surface area contributed by atoms with Crippen LogP contribution in [0.2, 0.25) is 5.02 Å². The van der Waals surface area contributed by atoms with Crippen LogP contribution in [0.15, 0.2) is 159 Å². The maximum Gasteiger partial charge on any atom is 0.137 e. The smallest absolute Gasteiger partial charge is 0.137 e. The van der Waals surface area contributed by atoms with Crippen molar-refractivity contribution in [3.63, 3.8) is 0 Å². The Labute approximate surface area is 636 Å². The lowest BCUT2D eigenvalue weighted by molar-refractivity contribution is -0.122. The third-order valence-corrected chi connectivity index (χ3v) is 17.3. The van der Waals surface area contributed by atoms with Gasteiger partial charge in [0, 0.05) is 186 Å². The number of Topliss-reactive ketones (excluding diaryl/α,β-unsaturated/α-hetero) is 6. The number of benzene rings is 1. The number of ketones is 6. The van der Waals surface area contributed by atoms with Gasteiger partial charge in [0.05, 0.1) is 34.8 Å². The van der Waals surface area contributed by atoms with Crippen molar-refractivity contribution in [1.29, 1.82) is 0 Å². The summed E-state index contributed by atoms with van der Waals surface area (Å²) in [7, 11) is 3.86. The van der Waals surface area contributed by atoms with Crippen LogP contribution in [0.4, 0.5) is 0 Å². The van der Waals surface area contributed by atoms with E-state index in [4.69, 9.17) is 11.6 Å². The highest BCUT2D eigenvalue weighted by molar-refractivity contribution is 6.30. The quantitative estimate of drug-likeness (QED) is 0.0355. The van der Waals surface area contributed by atoms with Crippen LogP contribution in [0.25, 0.3) is 10.9 Å². The molecule has 0 aliphatic rings. The van der Waals surface area contributed by atoms with E-state index in [-0.39, 0.29) is 47.1 Å². The van der Waals surface area contributed by atoms with Gasteiger partial charge in [0.2, 0.25) is 0 Å². The molecule has 0 unspecified atom stereocenters. The first kappa shape index (κ1) is 92.8. The highest BCUT2D eigenvalue weighted by Crippen LogP contribution is 2.17. The molecule has 1 aromatic carbocycles. The van der Waals surface area contributed by atoms with Crippen molar-refractivity contribution in [3.05, 3.63) is 193 Å². The van der Waals surface area contributed by atoms with Crippen molar-refractivity contribution in [3.8, 4) is 0 Å². The van der Waals surface area contributed by atoms with Gasteiger partial charge in [-0.1, -0.05) is 176 Å². The highest BCUT2D eigenvalue weighted by atomic mass is 35.5. The van der Waals surface area contributed by atoms with Crippen LogP contribution >= 0.6 is 11.6 Å². The molecule has 0 bridgehead atoms.